The molecule has 2 rings (SSSR count). The highest BCUT2D eigenvalue weighted by molar-refractivity contribution is 5.87. The molecule has 1 aromatic rings. The van der Waals surface area contributed by atoms with Crippen molar-refractivity contribution in [3.05, 3.63) is 35.4 Å². The number of nitrogens with zero attached hydrogens (tertiary/aromatic N) is 1. The minimum atomic E-state index is -0.868. The molecule has 1 fully saturated rings. The van der Waals surface area contributed by atoms with Crippen LogP contribution in [0, 0.1) is 0 Å². The summed E-state index contributed by atoms with van der Waals surface area (Å²) in [5.41, 5.74) is 1.29. The van der Waals surface area contributed by atoms with Crippen LogP contribution in [0.5, 0.6) is 0 Å². The van der Waals surface area contributed by atoms with E-state index in [0.29, 0.717) is 5.56 Å². The van der Waals surface area contributed by atoms with Crippen molar-refractivity contribution in [1.82, 2.24) is 10.2 Å². The van der Waals surface area contributed by atoms with Gasteiger partial charge in [0.25, 0.3) is 0 Å². The van der Waals surface area contributed by atoms with Gasteiger partial charge < -0.3 is 10.4 Å². The molecule has 2 N–H and O–H groups in total. The molecule has 1 saturated heterocycles. The van der Waals surface area contributed by atoms with E-state index in [9.17, 15) is 4.79 Å². The molecular weight excluding hydrogens is 228 g/mol. The molecule has 0 radical (unpaired) electrons. The van der Waals surface area contributed by atoms with E-state index in [2.05, 4.69) is 24.1 Å². The average molecular weight is 248 g/mol. The molecule has 0 spiro atoms. The second-order valence-electron chi connectivity index (χ2n) is 5.18. The summed E-state index contributed by atoms with van der Waals surface area (Å²) >= 11 is 0. The van der Waals surface area contributed by atoms with E-state index in [1.807, 2.05) is 12.1 Å². The summed E-state index contributed by atoms with van der Waals surface area (Å²) in [5, 5.41) is 12.4. The third-order valence-electron chi connectivity index (χ3n) is 3.72. The predicted octanol–water partition coefficient (Wildman–Crippen LogP) is 1.53. The second kappa shape index (κ2) is 5.08. The number of carbonyl (C=O) groups is 1. The number of hydrogen-bond donors (Lipinski definition) is 2. The topological polar surface area (TPSA) is 52.6 Å². The highest BCUT2D eigenvalue weighted by Gasteiger charge is 2.29. The molecule has 0 aliphatic carbocycles. The smallest absolute Gasteiger partial charge is 0.335 e. The first-order chi connectivity index (χ1) is 8.51. The first-order valence-corrected chi connectivity index (χ1v) is 6.31. The van der Waals surface area contributed by atoms with Crippen molar-refractivity contribution < 1.29 is 9.90 Å². The Morgan fingerprint density at radius 2 is 2.00 bits per heavy atom. The normalized spacial score (nSPS) is 17.7. The maximum atomic E-state index is 11.0. The van der Waals surface area contributed by atoms with E-state index in [0.717, 1.165) is 31.7 Å². The van der Waals surface area contributed by atoms with Crippen molar-refractivity contribution in [2.45, 2.75) is 19.4 Å². The SMILES string of the molecule is CC(C)(c1cccc(C(=O)O)c1)N1CCNCC1. The Kier molecular flexibility index (Phi) is 3.68. The molecule has 98 valence electrons. The van der Waals surface area contributed by atoms with Crippen LogP contribution in [0.3, 0.4) is 0 Å². The van der Waals surface area contributed by atoms with Crippen molar-refractivity contribution in [3.8, 4) is 0 Å². The standard InChI is InChI=1S/C14H20N2O2/c1-14(2,16-8-6-15-7-9-16)12-5-3-4-11(10-12)13(17)18/h3-5,10,15H,6-9H2,1-2H3,(H,17,18). The number of hydrogen-bond acceptors (Lipinski definition) is 3. The van der Waals surface area contributed by atoms with E-state index in [4.69, 9.17) is 5.11 Å². The Bertz CT molecular complexity index is 437. The molecule has 0 amide bonds. The van der Waals surface area contributed by atoms with Gasteiger partial charge in [-0.05, 0) is 31.5 Å². The van der Waals surface area contributed by atoms with E-state index >= 15 is 0 Å². The summed E-state index contributed by atoms with van der Waals surface area (Å²) in [6.45, 7) is 8.26. The van der Waals surface area contributed by atoms with Gasteiger partial charge in [0.05, 0.1) is 5.56 Å². The number of piperazine rings is 1. The van der Waals surface area contributed by atoms with Crippen LogP contribution in [0.1, 0.15) is 29.8 Å². The lowest BCUT2D eigenvalue weighted by Crippen LogP contribution is -2.51. The molecule has 4 nitrogen and oxygen atoms in total. The number of nitrogens with one attached hydrogen (secondary N) is 1. The van der Waals surface area contributed by atoms with Crippen LogP contribution >= 0.6 is 0 Å². The molecule has 1 aromatic carbocycles. The maximum Gasteiger partial charge on any atom is 0.335 e. The Labute approximate surface area is 108 Å². The fraction of sp³-hybridized carbons (Fsp3) is 0.500. The van der Waals surface area contributed by atoms with Crippen LogP contribution in [0.15, 0.2) is 24.3 Å². The molecule has 4 heteroatoms. The zero-order valence-corrected chi connectivity index (χ0v) is 10.9. The second-order valence-corrected chi connectivity index (χ2v) is 5.18. The maximum absolute atomic E-state index is 11.0. The fourth-order valence-electron chi connectivity index (χ4n) is 2.44. The summed E-state index contributed by atoms with van der Waals surface area (Å²) in [7, 11) is 0. The van der Waals surface area contributed by atoms with Crippen molar-refractivity contribution in [3.63, 3.8) is 0 Å². The minimum Gasteiger partial charge on any atom is -0.478 e. The molecule has 1 heterocycles. The number of rotatable bonds is 3. The Hall–Kier alpha value is -1.39. The van der Waals surface area contributed by atoms with Gasteiger partial charge in [0.2, 0.25) is 0 Å². The molecule has 0 unspecified atom stereocenters. The van der Waals surface area contributed by atoms with E-state index in [1.165, 1.54) is 0 Å². The summed E-state index contributed by atoms with van der Waals surface area (Å²) < 4.78 is 0. The van der Waals surface area contributed by atoms with Crippen LogP contribution in [0.25, 0.3) is 0 Å². The average Bonchev–Trinajstić information content (AvgIpc) is 2.40. The molecule has 0 bridgehead atoms. The molecule has 0 atom stereocenters. The minimum absolute atomic E-state index is 0.131. The van der Waals surface area contributed by atoms with Crippen molar-refractivity contribution in [2.75, 3.05) is 26.2 Å². The lowest BCUT2D eigenvalue weighted by atomic mass is 9.90. The summed E-state index contributed by atoms with van der Waals surface area (Å²) in [6.07, 6.45) is 0. The molecule has 18 heavy (non-hydrogen) atoms. The van der Waals surface area contributed by atoms with Gasteiger partial charge in [-0.3, -0.25) is 4.90 Å². The molecule has 1 aliphatic rings. The van der Waals surface area contributed by atoms with Gasteiger partial charge in [0.1, 0.15) is 0 Å². The molecular formula is C14H20N2O2. The first kappa shape index (κ1) is 13.1. The van der Waals surface area contributed by atoms with E-state index < -0.39 is 5.97 Å². The lowest BCUT2D eigenvalue weighted by molar-refractivity contribution is 0.0695. The highest BCUT2D eigenvalue weighted by atomic mass is 16.4. The molecule has 0 saturated carbocycles. The van der Waals surface area contributed by atoms with Gasteiger partial charge in [0, 0.05) is 31.7 Å². The quantitative estimate of drug-likeness (QED) is 0.851. The molecule has 0 aromatic heterocycles. The predicted molar refractivity (Wildman–Crippen MR) is 70.9 cm³/mol. The largest absolute Gasteiger partial charge is 0.478 e. The van der Waals surface area contributed by atoms with Gasteiger partial charge in [-0.25, -0.2) is 4.79 Å². The summed E-state index contributed by atoms with van der Waals surface area (Å²) in [5.74, 6) is -0.868. The highest BCUT2D eigenvalue weighted by Crippen LogP contribution is 2.28. The number of carboxylic acid groups (broad SMARTS) is 1. The zero-order chi connectivity index (χ0) is 13.2. The van der Waals surface area contributed by atoms with Crippen molar-refractivity contribution in [1.29, 1.82) is 0 Å². The Morgan fingerprint density at radius 1 is 1.33 bits per heavy atom. The summed E-state index contributed by atoms with van der Waals surface area (Å²) in [4.78, 5) is 13.4. The van der Waals surface area contributed by atoms with Crippen LogP contribution < -0.4 is 5.32 Å². The fourth-order valence-corrected chi connectivity index (χ4v) is 2.44. The first-order valence-electron chi connectivity index (χ1n) is 6.31. The van der Waals surface area contributed by atoms with Gasteiger partial charge in [-0.1, -0.05) is 12.1 Å². The van der Waals surface area contributed by atoms with Crippen LogP contribution in [-0.2, 0) is 5.54 Å². The Balaban J connectivity index is 2.27. The Morgan fingerprint density at radius 3 is 2.61 bits per heavy atom. The van der Waals surface area contributed by atoms with Gasteiger partial charge in [-0.2, -0.15) is 0 Å². The van der Waals surface area contributed by atoms with Crippen molar-refractivity contribution in [2.24, 2.45) is 0 Å². The summed E-state index contributed by atoms with van der Waals surface area (Å²) in [6, 6.07) is 7.25. The van der Waals surface area contributed by atoms with Crippen LogP contribution in [0.4, 0.5) is 0 Å². The third-order valence-corrected chi connectivity index (χ3v) is 3.72. The van der Waals surface area contributed by atoms with Crippen LogP contribution in [0.2, 0.25) is 0 Å². The van der Waals surface area contributed by atoms with E-state index in [1.54, 1.807) is 12.1 Å². The number of benzene rings is 1. The monoisotopic (exact) mass is 248 g/mol. The van der Waals surface area contributed by atoms with Crippen molar-refractivity contribution >= 4 is 5.97 Å². The lowest BCUT2D eigenvalue weighted by Gasteiger charge is -2.41. The third kappa shape index (κ3) is 2.54. The number of aromatic carboxylic acids is 1. The van der Waals surface area contributed by atoms with Gasteiger partial charge >= 0.3 is 5.97 Å². The van der Waals surface area contributed by atoms with E-state index in [-0.39, 0.29) is 5.54 Å². The molecule has 1 aliphatic heterocycles. The van der Waals surface area contributed by atoms with Gasteiger partial charge in [0.15, 0.2) is 0 Å². The van der Waals surface area contributed by atoms with Crippen LogP contribution in [-0.4, -0.2) is 42.2 Å². The number of carboxylic acids is 1. The van der Waals surface area contributed by atoms with Gasteiger partial charge in [-0.15, -0.1) is 0 Å². The zero-order valence-electron chi connectivity index (χ0n) is 10.9.